The highest BCUT2D eigenvalue weighted by Gasteiger charge is 2.16. The van der Waals surface area contributed by atoms with Crippen molar-refractivity contribution in [2.75, 3.05) is 4.90 Å². The third-order valence-electron chi connectivity index (χ3n) is 4.00. The summed E-state index contributed by atoms with van der Waals surface area (Å²) < 4.78 is 0. The van der Waals surface area contributed by atoms with E-state index in [-0.39, 0.29) is 5.41 Å². The highest BCUT2D eigenvalue weighted by Crippen LogP contribution is 2.33. The van der Waals surface area contributed by atoms with Crippen LogP contribution >= 0.6 is 0 Å². The van der Waals surface area contributed by atoms with E-state index in [9.17, 15) is 0 Å². The average Bonchev–Trinajstić information content (AvgIpc) is 2.78. The maximum atomic E-state index is 9.03. The van der Waals surface area contributed by atoms with Gasteiger partial charge in [0.25, 0.3) is 0 Å². The molecule has 0 heterocycles. The monoisotopic (exact) mass is 312 g/mol. The summed E-state index contributed by atoms with van der Waals surface area (Å²) in [6.45, 7) is 4.37. The van der Waals surface area contributed by atoms with Gasteiger partial charge in [0.2, 0.25) is 0 Å². The van der Waals surface area contributed by atoms with Crippen molar-refractivity contribution < 1.29 is 0 Å². The van der Waals surface area contributed by atoms with E-state index >= 15 is 0 Å². The molecule has 2 aromatic carbocycles. The fourth-order valence-corrected chi connectivity index (χ4v) is 2.66. The minimum atomic E-state index is 0.0330. The summed E-state index contributed by atoms with van der Waals surface area (Å²) >= 11 is 0. The molecule has 0 N–H and O–H groups in total. The second-order valence-corrected chi connectivity index (χ2v) is 6.43. The molecule has 118 valence electrons. The van der Waals surface area contributed by atoms with Gasteiger partial charge in [-0.3, -0.25) is 0 Å². The summed E-state index contributed by atoms with van der Waals surface area (Å²) in [5, 5.41) is 9.03. The van der Waals surface area contributed by atoms with Crippen LogP contribution in [0.15, 0.2) is 90.7 Å². The normalized spacial score (nSPS) is 15.3. The number of nitrogens with zero attached hydrogens (tertiary/aromatic N) is 2. The first-order valence-electron chi connectivity index (χ1n) is 8.03. The molecule has 0 saturated heterocycles. The first kappa shape index (κ1) is 15.8. The van der Waals surface area contributed by atoms with Crippen LogP contribution in [0.4, 0.5) is 11.4 Å². The van der Waals surface area contributed by atoms with Gasteiger partial charge in [-0.05, 0) is 48.6 Å². The minimum Gasteiger partial charge on any atom is -0.311 e. The van der Waals surface area contributed by atoms with E-state index in [0.717, 1.165) is 17.1 Å². The van der Waals surface area contributed by atoms with Crippen molar-refractivity contribution in [3.05, 3.63) is 96.2 Å². The summed E-state index contributed by atoms with van der Waals surface area (Å²) in [7, 11) is 0. The fourth-order valence-electron chi connectivity index (χ4n) is 2.66. The smallest absolute Gasteiger partial charge is 0.0991 e. The van der Waals surface area contributed by atoms with Gasteiger partial charge in [0.15, 0.2) is 0 Å². The van der Waals surface area contributed by atoms with Crippen molar-refractivity contribution in [1.82, 2.24) is 0 Å². The highest BCUT2D eigenvalue weighted by atomic mass is 15.1. The molecule has 2 nitrogen and oxygen atoms in total. The van der Waals surface area contributed by atoms with Gasteiger partial charge < -0.3 is 4.90 Å². The standard InChI is InChI=1S/C22H20N2/c1-22(2)15-6-9-20(14-16-22)24(19-7-4-3-5-8-19)21-12-10-18(17-23)11-13-21/h3-16H,1-2H3. The quantitative estimate of drug-likeness (QED) is 0.723. The molecule has 2 heteroatoms. The molecule has 3 rings (SSSR count). The van der Waals surface area contributed by atoms with Crippen molar-refractivity contribution in [1.29, 1.82) is 5.26 Å². The van der Waals surface area contributed by atoms with Crippen LogP contribution in [0.3, 0.4) is 0 Å². The molecule has 0 aliphatic heterocycles. The number of anilines is 2. The first-order chi connectivity index (χ1) is 11.6. The molecule has 0 fully saturated rings. The molecular weight excluding hydrogens is 292 g/mol. The number of nitriles is 1. The SMILES string of the molecule is CC1(C)C=CC=C(N(c2ccccc2)c2ccc(C#N)cc2)C=C1. The molecule has 2 aromatic rings. The van der Waals surface area contributed by atoms with Crippen LogP contribution < -0.4 is 4.90 Å². The largest absolute Gasteiger partial charge is 0.311 e. The third-order valence-corrected chi connectivity index (χ3v) is 4.00. The van der Waals surface area contributed by atoms with Gasteiger partial charge in [0, 0.05) is 22.5 Å². The van der Waals surface area contributed by atoms with E-state index < -0.39 is 0 Å². The number of allylic oxidation sites excluding steroid dienone is 5. The Morgan fingerprint density at radius 3 is 2.21 bits per heavy atom. The molecule has 0 aromatic heterocycles. The summed E-state index contributed by atoms with van der Waals surface area (Å²) in [5.41, 5.74) is 3.91. The van der Waals surface area contributed by atoms with E-state index in [1.807, 2.05) is 42.5 Å². The Labute approximate surface area is 143 Å². The topological polar surface area (TPSA) is 27.0 Å². The van der Waals surface area contributed by atoms with Crippen molar-refractivity contribution in [3.8, 4) is 6.07 Å². The van der Waals surface area contributed by atoms with Crippen LogP contribution in [0.2, 0.25) is 0 Å². The van der Waals surface area contributed by atoms with E-state index in [4.69, 9.17) is 5.26 Å². The molecule has 0 atom stereocenters. The Morgan fingerprint density at radius 1 is 0.875 bits per heavy atom. The zero-order valence-corrected chi connectivity index (χ0v) is 14.0. The molecule has 1 aliphatic rings. The Bertz CT molecular complexity index is 832. The van der Waals surface area contributed by atoms with Gasteiger partial charge in [0.1, 0.15) is 0 Å². The Hall–Kier alpha value is -3.05. The summed E-state index contributed by atoms with van der Waals surface area (Å²) in [5.74, 6) is 0. The van der Waals surface area contributed by atoms with Gasteiger partial charge in [0.05, 0.1) is 11.6 Å². The minimum absolute atomic E-state index is 0.0330. The lowest BCUT2D eigenvalue weighted by Crippen LogP contribution is -2.15. The third kappa shape index (κ3) is 3.47. The molecule has 0 saturated carbocycles. The molecule has 0 spiro atoms. The van der Waals surface area contributed by atoms with Crippen LogP contribution in [0.5, 0.6) is 0 Å². The van der Waals surface area contributed by atoms with Gasteiger partial charge in [-0.25, -0.2) is 0 Å². The van der Waals surface area contributed by atoms with E-state index in [1.165, 1.54) is 0 Å². The predicted octanol–water partition coefficient (Wildman–Crippen LogP) is 5.73. The number of hydrogen-bond acceptors (Lipinski definition) is 2. The van der Waals surface area contributed by atoms with Crippen LogP contribution in [0.1, 0.15) is 19.4 Å². The molecule has 1 aliphatic carbocycles. The van der Waals surface area contributed by atoms with Gasteiger partial charge in [-0.15, -0.1) is 0 Å². The number of hydrogen-bond donors (Lipinski definition) is 0. The van der Waals surface area contributed by atoms with Crippen LogP contribution in [-0.2, 0) is 0 Å². The molecule has 0 amide bonds. The van der Waals surface area contributed by atoms with Crippen molar-refractivity contribution in [2.24, 2.45) is 5.41 Å². The Kier molecular flexibility index (Phi) is 4.35. The maximum absolute atomic E-state index is 9.03. The van der Waals surface area contributed by atoms with Crippen molar-refractivity contribution in [2.45, 2.75) is 13.8 Å². The van der Waals surface area contributed by atoms with Gasteiger partial charge in [-0.2, -0.15) is 5.26 Å². The second-order valence-electron chi connectivity index (χ2n) is 6.43. The van der Waals surface area contributed by atoms with Crippen molar-refractivity contribution >= 4 is 11.4 Å². The second kappa shape index (κ2) is 6.60. The summed E-state index contributed by atoms with van der Waals surface area (Å²) in [4.78, 5) is 2.20. The molecule has 0 radical (unpaired) electrons. The average molecular weight is 312 g/mol. The molecule has 0 unspecified atom stereocenters. The van der Waals surface area contributed by atoms with Crippen LogP contribution in [-0.4, -0.2) is 0 Å². The predicted molar refractivity (Wildman–Crippen MR) is 99.9 cm³/mol. The summed E-state index contributed by atoms with van der Waals surface area (Å²) in [6.07, 6.45) is 10.8. The zero-order chi connectivity index (χ0) is 17.0. The lowest BCUT2D eigenvalue weighted by atomic mass is 9.93. The number of rotatable bonds is 3. The lowest BCUT2D eigenvalue weighted by molar-refractivity contribution is 0.627. The zero-order valence-electron chi connectivity index (χ0n) is 14.0. The number of para-hydroxylation sites is 1. The summed E-state index contributed by atoms with van der Waals surface area (Å²) in [6, 6.07) is 20.1. The Morgan fingerprint density at radius 2 is 1.54 bits per heavy atom. The highest BCUT2D eigenvalue weighted by molar-refractivity contribution is 5.71. The fraction of sp³-hybridized carbons (Fsp3) is 0.136. The first-order valence-corrected chi connectivity index (χ1v) is 8.03. The van der Waals surface area contributed by atoms with Crippen LogP contribution in [0, 0.1) is 16.7 Å². The number of benzene rings is 2. The van der Waals surface area contributed by atoms with E-state index in [0.29, 0.717) is 5.56 Å². The van der Waals surface area contributed by atoms with Crippen LogP contribution in [0.25, 0.3) is 0 Å². The Balaban J connectivity index is 2.08. The molecule has 24 heavy (non-hydrogen) atoms. The van der Waals surface area contributed by atoms with E-state index in [2.05, 4.69) is 67.3 Å². The van der Waals surface area contributed by atoms with Crippen molar-refractivity contribution in [3.63, 3.8) is 0 Å². The van der Waals surface area contributed by atoms with Gasteiger partial charge in [-0.1, -0.05) is 50.3 Å². The molecule has 0 bridgehead atoms. The maximum Gasteiger partial charge on any atom is 0.0991 e. The van der Waals surface area contributed by atoms with E-state index in [1.54, 1.807) is 0 Å². The van der Waals surface area contributed by atoms with Gasteiger partial charge >= 0.3 is 0 Å². The lowest BCUT2D eigenvalue weighted by Gasteiger charge is -2.26. The molecular formula is C22H20N2.